The number of fused-ring (bicyclic) bond motifs is 1. The number of hydrogen-bond donors (Lipinski definition) is 1. The molecule has 0 aliphatic carbocycles. The van der Waals surface area contributed by atoms with Gasteiger partial charge in [-0.2, -0.15) is 5.10 Å². The molecule has 1 atom stereocenters. The highest BCUT2D eigenvalue weighted by atomic mass is 19.1. The third-order valence-electron chi connectivity index (χ3n) is 7.14. The SMILES string of the molecule is C=CCc1cccc(F)c1CN1CCC[C@@H](n2cc(-c3ccc4[nH]nc(-c5ccncc5)c4c3)nn2)C1. The van der Waals surface area contributed by atoms with E-state index in [1.165, 1.54) is 0 Å². The number of aromatic nitrogens is 6. The van der Waals surface area contributed by atoms with Gasteiger partial charge in [-0.25, -0.2) is 9.07 Å². The quantitative estimate of drug-likeness (QED) is 0.299. The number of benzene rings is 2. The number of nitrogens with one attached hydrogen (secondary N) is 1. The fraction of sp³-hybridized carbons (Fsp3) is 0.241. The van der Waals surface area contributed by atoms with Crippen molar-refractivity contribution in [2.45, 2.75) is 31.8 Å². The van der Waals surface area contributed by atoms with E-state index in [4.69, 9.17) is 0 Å². The van der Waals surface area contributed by atoms with Gasteiger partial charge in [0.15, 0.2) is 0 Å². The van der Waals surface area contributed by atoms with Gasteiger partial charge in [0.25, 0.3) is 0 Å². The maximum Gasteiger partial charge on any atom is 0.127 e. The van der Waals surface area contributed by atoms with Crippen molar-refractivity contribution in [3.63, 3.8) is 0 Å². The Labute approximate surface area is 214 Å². The molecule has 0 saturated carbocycles. The molecule has 4 heterocycles. The summed E-state index contributed by atoms with van der Waals surface area (Å²) in [6.45, 7) is 6.15. The van der Waals surface area contributed by atoms with Crippen LogP contribution >= 0.6 is 0 Å². The minimum absolute atomic E-state index is 0.148. The predicted molar refractivity (Wildman–Crippen MR) is 142 cm³/mol. The molecule has 7 nitrogen and oxygen atoms in total. The normalized spacial score (nSPS) is 16.3. The number of rotatable bonds is 7. The Hall–Kier alpha value is -4.17. The first kappa shape index (κ1) is 23.2. The van der Waals surface area contributed by atoms with Crippen molar-refractivity contribution in [2.24, 2.45) is 0 Å². The molecule has 37 heavy (non-hydrogen) atoms. The van der Waals surface area contributed by atoms with Crippen LogP contribution in [0.3, 0.4) is 0 Å². The molecule has 6 rings (SSSR count). The van der Waals surface area contributed by atoms with Crippen LogP contribution in [0.1, 0.15) is 30.0 Å². The highest BCUT2D eigenvalue weighted by Crippen LogP contribution is 2.31. The molecule has 0 bridgehead atoms. The van der Waals surface area contributed by atoms with Crippen molar-refractivity contribution in [1.29, 1.82) is 0 Å². The average molecular weight is 494 g/mol. The van der Waals surface area contributed by atoms with E-state index in [0.717, 1.165) is 70.5 Å². The molecule has 8 heteroatoms. The lowest BCUT2D eigenvalue weighted by atomic mass is 10.0. The topological polar surface area (TPSA) is 75.5 Å². The Morgan fingerprint density at radius 2 is 2.00 bits per heavy atom. The lowest BCUT2D eigenvalue weighted by molar-refractivity contribution is 0.160. The number of halogens is 1. The Morgan fingerprint density at radius 3 is 2.86 bits per heavy atom. The van der Waals surface area contributed by atoms with Crippen LogP contribution in [0.2, 0.25) is 0 Å². The first-order valence-electron chi connectivity index (χ1n) is 12.6. The van der Waals surface area contributed by atoms with Gasteiger partial charge >= 0.3 is 0 Å². The summed E-state index contributed by atoms with van der Waals surface area (Å²) in [5, 5.41) is 17.6. The number of piperidine rings is 1. The summed E-state index contributed by atoms with van der Waals surface area (Å²) in [5.74, 6) is -0.148. The number of aromatic amines is 1. The van der Waals surface area contributed by atoms with Crippen LogP contribution in [0.4, 0.5) is 4.39 Å². The summed E-state index contributed by atoms with van der Waals surface area (Å²) < 4.78 is 16.6. The van der Waals surface area contributed by atoms with E-state index < -0.39 is 0 Å². The van der Waals surface area contributed by atoms with Gasteiger partial charge in [0, 0.05) is 47.6 Å². The molecule has 1 N–H and O–H groups in total. The largest absolute Gasteiger partial charge is 0.297 e. The van der Waals surface area contributed by atoms with Crippen LogP contribution in [0.5, 0.6) is 0 Å². The molecule has 3 aromatic heterocycles. The minimum atomic E-state index is -0.148. The smallest absolute Gasteiger partial charge is 0.127 e. The number of pyridine rings is 1. The molecule has 1 saturated heterocycles. The van der Waals surface area contributed by atoms with Crippen molar-refractivity contribution < 1.29 is 4.39 Å². The van der Waals surface area contributed by atoms with Gasteiger partial charge in [-0.15, -0.1) is 11.7 Å². The number of nitrogens with zero attached hydrogens (tertiary/aromatic N) is 6. The molecule has 2 aromatic carbocycles. The third-order valence-corrected chi connectivity index (χ3v) is 7.14. The van der Waals surface area contributed by atoms with Crippen molar-refractivity contribution in [3.05, 3.63) is 96.7 Å². The summed E-state index contributed by atoms with van der Waals surface area (Å²) in [6, 6.07) is 15.6. The van der Waals surface area contributed by atoms with Crippen LogP contribution in [-0.2, 0) is 13.0 Å². The highest BCUT2D eigenvalue weighted by Gasteiger charge is 2.24. The standard InChI is InChI=1S/C29H28FN7/c1-2-5-20-6-3-8-26(30)25(20)18-36-15-4-7-23(17-36)37-19-28(33-35-37)22-9-10-27-24(16-22)29(34-32-27)21-11-13-31-14-12-21/h2-3,6,8-14,16,19,23H,1,4-5,7,15,17-18H2,(H,32,34)/t23-/m1/s1. The van der Waals surface area contributed by atoms with Gasteiger partial charge in [0.05, 0.1) is 17.8 Å². The lowest BCUT2D eigenvalue weighted by Gasteiger charge is -2.33. The number of allylic oxidation sites excluding steroid dienone is 1. The average Bonchev–Trinajstić information content (AvgIpc) is 3.59. The number of H-pyrrole nitrogens is 1. The fourth-order valence-electron chi connectivity index (χ4n) is 5.23. The van der Waals surface area contributed by atoms with Gasteiger partial charge < -0.3 is 0 Å². The zero-order valence-electron chi connectivity index (χ0n) is 20.5. The minimum Gasteiger partial charge on any atom is -0.297 e. The second kappa shape index (κ2) is 10.1. The summed E-state index contributed by atoms with van der Waals surface area (Å²) in [4.78, 5) is 6.43. The maximum absolute atomic E-state index is 14.7. The first-order valence-corrected chi connectivity index (χ1v) is 12.6. The van der Waals surface area contributed by atoms with Crippen molar-refractivity contribution in [1.82, 2.24) is 35.1 Å². The van der Waals surface area contributed by atoms with Gasteiger partial charge in [0.1, 0.15) is 17.2 Å². The Kier molecular flexibility index (Phi) is 6.32. The first-order chi connectivity index (χ1) is 18.2. The van der Waals surface area contributed by atoms with Crippen LogP contribution in [-0.4, -0.2) is 48.2 Å². The van der Waals surface area contributed by atoms with E-state index in [0.29, 0.717) is 13.0 Å². The Morgan fingerprint density at radius 1 is 1.11 bits per heavy atom. The fourth-order valence-corrected chi connectivity index (χ4v) is 5.23. The number of hydrogen-bond acceptors (Lipinski definition) is 5. The molecule has 1 aliphatic heterocycles. The second-order valence-electron chi connectivity index (χ2n) is 9.55. The van der Waals surface area contributed by atoms with E-state index >= 15 is 0 Å². The molecule has 0 radical (unpaired) electrons. The van der Waals surface area contributed by atoms with E-state index in [1.807, 2.05) is 47.3 Å². The summed E-state index contributed by atoms with van der Waals surface area (Å²) in [5.41, 5.74) is 6.44. The van der Waals surface area contributed by atoms with E-state index in [9.17, 15) is 4.39 Å². The Bertz CT molecular complexity index is 1540. The molecule has 0 amide bonds. The third kappa shape index (κ3) is 4.68. The van der Waals surface area contributed by atoms with Crippen LogP contribution in [0.15, 0.2) is 79.8 Å². The van der Waals surface area contributed by atoms with Gasteiger partial charge in [0.2, 0.25) is 0 Å². The molecular formula is C29H28FN7. The summed E-state index contributed by atoms with van der Waals surface area (Å²) >= 11 is 0. The second-order valence-corrected chi connectivity index (χ2v) is 9.55. The summed E-state index contributed by atoms with van der Waals surface area (Å²) in [6.07, 6.45) is 10.1. The Balaban J connectivity index is 1.22. The van der Waals surface area contributed by atoms with Crippen LogP contribution in [0.25, 0.3) is 33.4 Å². The van der Waals surface area contributed by atoms with Gasteiger partial charge in [-0.1, -0.05) is 29.5 Å². The van der Waals surface area contributed by atoms with Crippen LogP contribution in [0, 0.1) is 5.82 Å². The van der Waals surface area contributed by atoms with E-state index in [-0.39, 0.29) is 11.9 Å². The van der Waals surface area contributed by atoms with Crippen LogP contribution < -0.4 is 0 Å². The lowest BCUT2D eigenvalue weighted by Crippen LogP contribution is -2.36. The molecule has 0 spiro atoms. The highest BCUT2D eigenvalue weighted by molar-refractivity contribution is 5.95. The van der Waals surface area contributed by atoms with E-state index in [2.05, 4.69) is 43.0 Å². The molecule has 1 fully saturated rings. The molecule has 0 unspecified atom stereocenters. The molecule has 186 valence electrons. The number of likely N-dealkylation sites (tertiary alicyclic amines) is 1. The molecule has 5 aromatic rings. The molecule has 1 aliphatic rings. The maximum atomic E-state index is 14.7. The van der Waals surface area contributed by atoms with Crippen molar-refractivity contribution >= 4 is 10.9 Å². The van der Waals surface area contributed by atoms with E-state index in [1.54, 1.807) is 24.5 Å². The zero-order valence-corrected chi connectivity index (χ0v) is 20.5. The van der Waals surface area contributed by atoms with Gasteiger partial charge in [-0.05, 0) is 61.7 Å². The monoisotopic (exact) mass is 493 g/mol. The predicted octanol–water partition coefficient (Wildman–Crippen LogP) is 5.59. The van der Waals surface area contributed by atoms with Crippen molar-refractivity contribution in [2.75, 3.05) is 13.1 Å². The molecular weight excluding hydrogens is 465 g/mol. The van der Waals surface area contributed by atoms with Crippen molar-refractivity contribution in [3.8, 4) is 22.5 Å². The zero-order chi connectivity index (χ0) is 25.2. The van der Waals surface area contributed by atoms with Gasteiger partial charge in [-0.3, -0.25) is 15.0 Å². The summed E-state index contributed by atoms with van der Waals surface area (Å²) in [7, 11) is 0.